The first-order chi connectivity index (χ1) is 9.61. The molecule has 4 nitrogen and oxygen atoms in total. The minimum Gasteiger partial charge on any atom is -0.293 e. The topological polar surface area (TPSA) is 35.6 Å². The molecule has 0 aliphatic carbocycles. The van der Waals surface area contributed by atoms with Crippen LogP contribution in [0.15, 0.2) is 24.4 Å². The number of para-hydroxylation sites is 1. The van der Waals surface area contributed by atoms with Crippen molar-refractivity contribution in [3.8, 4) is 5.69 Å². The predicted molar refractivity (Wildman–Crippen MR) is 81.7 cm³/mol. The van der Waals surface area contributed by atoms with E-state index in [-0.39, 0.29) is 0 Å². The fourth-order valence-corrected chi connectivity index (χ4v) is 2.83. The second-order valence-corrected chi connectivity index (χ2v) is 5.40. The fourth-order valence-electron chi connectivity index (χ4n) is 2.66. The summed E-state index contributed by atoms with van der Waals surface area (Å²) in [6.07, 6.45) is 2.77. The third-order valence-corrected chi connectivity index (χ3v) is 3.68. The summed E-state index contributed by atoms with van der Waals surface area (Å²) in [5, 5.41) is 4.44. The molecule has 0 saturated carbocycles. The fraction of sp³-hybridized carbons (Fsp3) is 0.333. The van der Waals surface area contributed by atoms with E-state index in [1.165, 1.54) is 5.56 Å². The van der Waals surface area contributed by atoms with E-state index >= 15 is 0 Å². The number of benzene rings is 1. The summed E-state index contributed by atoms with van der Waals surface area (Å²) >= 11 is 5.93. The highest BCUT2D eigenvalue weighted by Crippen LogP contribution is 2.26. The van der Waals surface area contributed by atoms with Crippen molar-refractivity contribution < 1.29 is 0 Å². The molecule has 0 unspecified atom stereocenters. The number of halogens is 1. The van der Waals surface area contributed by atoms with Gasteiger partial charge in [-0.25, -0.2) is 4.98 Å². The molecule has 0 aliphatic heterocycles. The number of hydrogen-bond donors (Lipinski definition) is 0. The minimum absolute atomic E-state index is 0.557. The molecule has 0 saturated heterocycles. The number of fused-ring (bicyclic) bond motifs is 1. The zero-order valence-electron chi connectivity index (χ0n) is 11.9. The minimum atomic E-state index is 0.557. The van der Waals surface area contributed by atoms with E-state index in [0.717, 1.165) is 34.7 Å². The van der Waals surface area contributed by atoms with Crippen molar-refractivity contribution in [2.24, 2.45) is 7.05 Å². The van der Waals surface area contributed by atoms with Gasteiger partial charge in [0.25, 0.3) is 0 Å². The SMILES string of the molecule is Cc1nn(C)cc1-n1c(CCCl)nc2cccc(C)c21. The van der Waals surface area contributed by atoms with Crippen molar-refractivity contribution >= 4 is 22.6 Å². The lowest BCUT2D eigenvalue weighted by Gasteiger charge is -2.08. The molecule has 0 atom stereocenters. The quantitative estimate of drug-likeness (QED) is 0.694. The van der Waals surface area contributed by atoms with Crippen LogP contribution in [0, 0.1) is 13.8 Å². The van der Waals surface area contributed by atoms with Crippen LogP contribution in [0.3, 0.4) is 0 Å². The number of alkyl halides is 1. The molecule has 3 aromatic rings. The molecule has 2 heterocycles. The molecule has 0 aliphatic rings. The molecule has 0 N–H and O–H groups in total. The van der Waals surface area contributed by atoms with Crippen LogP contribution in [0.4, 0.5) is 0 Å². The first-order valence-electron chi connectivity index (χ1n) is 6.65. The Bertz CT molecular complexity index is 770. The molecule has 0 spiro atoms. The van der Waals surface area contributed by atoms with Gasteiger partial charge in [0.2, 0.25) is 0 Å². The second-order valence-electron chi connectivity index (χ2n) is 5.02. The summed E-state index contributed by atoms with van der Waals surface area (Å²) in [5.41, 5.74) is 5.42. The van der Waals surface area contributed by atoms with E-state index in [9.17, 15) is 0 Å². The number of nitrogens with zero attached hydrogens (tertiary/aromatic N) is 4. The number of hydrogen-bond acceptors (Lipinski definition) is 2. The van der Waals surface area contributed by atoms with E-state index in [1.807, 2.05) is 37.0 Å². The number of aryl methyl sites for hydroxylation is 4. The Hall–Kier alpha value is -1.81. The maximum Gasteiger partial charge on any atom is 0.115 e. The van der Waals surface area contributed by atoms with Crippen LogP contribution in [0.5, 0.6) is 0 Å². The van der Waals surface area contributed by atoms with E-state index in [1.54, 1.807) is 0 Å². The Kier molecular flexibility index (Phi) is 3.26. The summed E-state index contributed by atoms with van der Waals surface area (Å²) in [6.45, 7) is 4.13. The molecule has 0 amide bonds. The number of rotatable bonds is 3. The highest BCUT2D eigenvalue weighted by atomic mass is 35.5. The van der Waals surface area contributed by atoms with E-state index in [2.05, 4.69) is 22.7 Å². The molecule has 0 radical (unpaired) electrons. The maximum absolute atomic E-state index is 5.93. The lowest BCUT2D eigenvalue weighted by Crippen LogP contribution is -2.03. The van der Waals surface area contributed by atoms with Gasteiger partial charge in [-0.15, -0.1) is 11.6 Å². The maximum atomic E-state index is 5.93. The zero-order chi connectivity index (χ0) is 14.3. The van der Waals surface area contributed by atoms with E-state index < -0.39 is 0 Å². The Morgan fingerprint density at radius 3 is 2.70 bits per heavy atom. The normalized spacial score (nSPS) is 11.4. The average molecular weight is 289 g/mol. The Morgan fingerprint density at radius 2 is 2.05 bits per heavy atom. The van der Waals surface area contributed by atoms with Crippen LogP contribution >= 0.6 is 11.6 Å². The predicted octanol–water partition coefficient (Wildman–Crippen LogP) is 3.16. The molecular weight excluding hydrogens is 272 g/mol. The Balaban J connectivity index is 2.36. The lowest BCUT2D eigenvalue weighted by atomic mass is 10.2. The average Bonchev–Trinajstić information content (AvgIpc) is 2.90. The largest absolute Gasteiger partial charge is 0.293 e. The van der Waals surface area contributed by atoms with Gasteiger partial charge in [0.05, 0.1) is 22.4 Å². The van der Waals surface area contributed by atoms with Gasteiger partial charge in [-0.05, 0) is 25.5 Å². The summed E-state index contributed by atoms with van der Waals surface area (Å²) in [4.78, 5) is 4.73. The van der Waals surface area contributed by atoms with Gasteiger partial charge in [0.1, 0.15) is 5.82 Å². The highest BCUT2D eigenvalue weighted by Gasteiger charge is 2.16. The van der Waals surface area contributed by atoms with Crippen molar-refractivity contribution in [1.29, 1.82) is 0 Å². The van der Waals surface area contributed by atoms with Gasteiger partial charge >= 0.3 is 0 Å². The van der Waals surface area contributed by atoms with Gasteiger partial charge in [0.15, 0.2) is 0 Å². The van der Waals surface area contributed by atoms with Crippen molar-refractivity contribution in [3.05, 3.63) is 41.5 Å². The summed E-state index contributed by atoms with van der Waals surface area (Å²) in [6, 6.07) is 6.19. The van der Waals surface area contributed by atoms with E-state index in [0.29, 0.717) is 5.88 Å². The highest BCUT2D eigenvalue weighted by molar-refractivity contribution is 6.17. The van der Waals surface area contributed by atoms with Crippen LogP contribution in [0.1, 0.15) is 17.1 Å². The summed E-state index contributed by atoms with van der Waals surface area (Å²) < 4.78 is 4.02. The van der Waals surface area contributed by atoms with Crippen LogP contribution in [-0.4, -0.2) is 25.2 Å². The first-order valence-corrected chi connectivity index (χ1v) is 7.19. The number of imidazole rings is 1. The van der Waals surface area contributed by atoms with Gasteiger partial charge in [-0.2, -0.15) is 5.10 Å². The second kappa shape index (κ2) is 4.94. The molecule has 0 bridgehead atoms. The van der Waals surface area contributed by atoms with E-state index in [4.69, 9.17) is 16.6 Å². The molecule has 3 rings (SSSR count). The molecule has 20 heavy (non-hydrogen) atoms. The van der Waals surface area contributed by atoms with Gasteiger partial charge in [-0.3, -0.25) is 9.25 Å². The van der Waals surface area contributed by atoms with Gasteiger partial charge < -0.3 is 0 Å². The molecule has 5 heteroatoms. The van der Waals surface area contributed by atoms with Crippen molar-refractivity contribution in [3.63, 3.8) is 0 Å². The Morgan fingerprint density at radius 1 is 1.25 bits per heavy atom. The van der Waals surface area contributed by atoms with Crippen molar-refractivity contribution in [2.75, 3.05) is 5.88 Å². The molecular formula is C15H17ClN4. The van der Waals surface area contributed by atoms with Crippen LogP contribution in [0.2, 0.25) is 0 Å². The van der Waals surface area contributed by atoms with Crippen LogP contribution in [0.25, 0.3) is 16.7 Å². The monoisotopic (exact) mass is 288 g/mol. The Labute approximate surface area is 123 Å². The molecule has 1 aromatic carbocycles. The summed E-state index contributed by atoms with van der Waals surface area (Å²) in [7, 11) is 1.93. The zero-order valence-corrected chi connectivity index (χ0v) is 12.6. The van der Waals surface area contributed by atoms with Crippen LogP contribution < -0.4 is 0 Å². The molecule has 104 valence electrons. The molecule has 2 aromatic heterocycles. The third kappa shape index (κ3) is 2.00. The van der Waals surface area contributed by atoms with Gasteiger partial charge in [0, 0.05) is 25.5 Å². The molecule has 0 fully saturated rings. The first kappa shape index (κ1) is 13.2. The summed E-state index contributed by atoms with van der Waals surface area (Å²) in [5.74, 6) is 1.54. The standard InChI is InChI=1S/C15H17ClN4/c1-10-5-4-6-12-15(10)20(14(17-12)7-8-16)13-9-19(3)18-11(13)2/h4-6,9H,7-8H2,1-3H3. The van der Waals surface area contributed by atoms with Crippen molar-refractivity contribution in [2.45, 2.75) is 20.3 Å². The van der Waals surface area contributed by atoms with Crippen molar-refractivity contribution in [1.82, 2.24) is 19.3 Å². The smallest absolute Gasteiger partial charge is 0.115 e. The lowest BCUT2D eigenvalue weighted by molar-refractivity contribution is 0.756. The van der Waals surface area contributed by atoms with Gasteiger partial charge in [-0.1, -0.05) is 12.1 Å². The number of aromatic nitrogens is 4. The van der Waals surface area contributed by atoms with Crippen LogP contribution in [-0.2, 0) is 13.5 Å². The third-order valence-electron chi connectivity index (χ3n) is 3.49.